The maximum atomic E-state index is 12.0. The smallest absolute Gasteiger partial charge is 0.251 e. The van der Waals surface area contributed by atoms with Gasteiger partial charge in [-0.15, -0.1) is 0 Å². The predicted octanol–water partition coefficient (Wildman–Crippen LogP) is 2.49. The number of hydrogen-bond acceptors (Lipinski definition) is 3. The van der Waals surface area contributed by atoms with Gasteiger partial charge >= 0.3 is 0 Å². The molecule has 1 saturated heterocycles. The van der Waals surface area contributed by atoms with Gasteiger partial charge in [-0.1, -0.05) is 24.6 Å². The molecule has 1 amide bonds. The normalized spacial score (nSPS) is 24.7. The number of carbonyl (C=O) groups is 1. The number of ether oxygens (including phenoxy) is 2. The number of hydrogen-bond donors (Lipinski definition) is 1. The number of amides is 1. The molecule has 1 saturated carbocycles. The van der Waals surface area contributed by atoms with Crippen LogP contribution in [0.15, 0.2) is 30.3 Å². The number of carbonyl (C=O) groups excluding carboxylic acids is 1. The van der Waals surface area contributed by atoms with Gasteiger partial charge in [0.05, 0.1) is 6.61 Å². The Labute approximate surface area is 119 Å². The van der Waals surface area contributed by atoms with E-state index in [2.05, 4.69) is 5.32 Å². The van der Waals surface area contributed by atoms with Crippen molar-refractivity contribution >= 4 is 5.91 Å². The van der Waals surface area contributed by atoms with Gasteiger partial charge in [0.2, 0.25) is 0 Å². The molecule has 20 heavy (non-hydrogen) atoms. The zero-order valence-electron chi connectivity index (χ0n) is 11.6. The number of benzene rings is 1. The van der Waals surface area contributed by atoms with Crippen LogP contribution in [0.3, 0.4) is 0 Å². The van der Waals surface area contributed by atoms with Crippen molar-refractivity contribution in [2.24, 2.45) is 0 Å². The minimum Gasteiger partial charge on any atom is -0.349 e. The van der Waals surface area contributed by atoms with Gasteiger partial charge in [-0.2, -0.15) is 0 Å². The molecule has 1 aliphatic heterocycles. The van der Waals surface area contributed by atoms with E-state index in [4.69, 9.17) is 9.47 Å². The molecule has 1 unspecified atom stereocenters. The van der Waals surface area contributed by atoms with Crippen LogP contribution in [0.1, 0.15) is 42.5 Å². The highest BCUT2D eigenvalue weighted by atomic mass is 16.7. The highest BCUT2D eigenvalue weighted by molar-refractivity contribution is 5.94. The summed E-state index contributed by atoms with van der Waals surface area (Å²) in [6, 6.07) is 9.24. The number of nitrogens with one attached hydrogen (secondary N) is 1. The lowest BCUT2D eigenvalue weighted by atomic mass is 9.94. The van der Waals surface area contributed by atoms with Crippen LogP contribution < -0.4 is 5.32 Å². The molecular formula is C16H21NO3. The van der Waals surface area contributed by atoms with Crippen molar-refractivity contribution in [1.29, 1.82) is 0 Å². The molecule has 2 aliphatic rings. The van der Waals surface area contributed by atoms with E-state index in [1.165, 1.54) is 19.3 Å². The van der Waals surface area contributed by atoms with Crippen LogP contribution in [0, 0.1) is 0 Å². The third-order valence-electron chi connectivity index (χ3n) is 4.06. The Balaban J connectivity index is 1.49. The average molecular weight is 275 g/mol. The van der Waals surface area contributed by atoms with Crippen molar-refractivity contribution in [3.63, 3.8) is 0 Å². The molecule has 108 valence electrons. The highest BCUT2D eigenvalue weighted by Gasteiger charge is 2.42. The Bertz CT molecular complexity index is 454. The fourth-order valence-corrected chi connectivity index (χ4v) is 2.97. The molecule has 0 bridgehead atoms. The molecule has 4 nitrogen and oxygen atoms in total. The summed E-state index contributed by atoms with van der Waals surface area (Å²) in [6.45, 7) is 1.09. The largest absolute Gasteiger partial charge is 0.349 e. The Morgan fingerprint density at radius 1 is 1.20 bits per heavy atom. The van der Waals surface area contributed by atoms with Gasteiger partial charge < -0.3 is 14.8 Å². The quantitative estimate of drug-likeness (QED) is 0.922. The van der Waals surface area contributed by atoms with E-state index in [0.29, 0.717) is 18.7 Å². The molecule has 0 aromatic heterocycles. The molecular weight excluding hydrogens is 254 g/mol. The standard InChI is InChI=1S/C16H21NO3/c18-15(13-7-3-1-4-8-13)17-11-14-12-19-16(20-14)9-5-2-6-10-16/h1,3-4,7-8,14H,2,5-6,9-12H2,(H,17,18). The van der Waals surface area contributed by atoms with Crippen LogP contribution in [0.2, 0.25) is 0 Å². The topological polar surface area (TPSA) is 47.6 Å². The van der Waals surface area contributed by atoms with Crippen molar-refractivity contribution in [1.82, 2.24) is 5.32 Å². The molecule has 2 fully saturated rings. The van der Waals surface area contributed by atoms with E-state index in [1.807, 2.05) is 30.3 Å². The lowest BCUT2D eigenvalue weighted by Crippen LogP contribution is -2.37. The van der Waals surface area contributed by atoms with Gasteiger partial charge in [0.1, 0.15) is 6.10 Å². The van der Waals surface area contributed by atoms with Gasteiger partial charge in [0, 0.05) is 24.9 Å². The molecule has 1 spiro atoms. The van der Waals surface area contributed by atoms with E-state index in [0.717, 1.165) is 12.8 Å². The molecule has 1 aliphatic carbocycles. The van der Waals surface area contributed by atoms with Crippen molar-refractivity contribution in [3.05, 3.63) is 35.9 Å². The molecule has 3 rings (SSSR count). The summed E-state index contributed by atoms with van der Waals surface area (Å²) >= 11 is 0. The van der Waals surface area contributed by atoms with E-state index in [-0.39, 0.29) is 17.8 Å². The summed E-state index contributed by atoms with van der Waals surface area (Å²) in [5.74, 6) is -0.417. The highest BCUT2D eigenvalue weighted by Crippen LogP contribution is 2.37. The second-order valence-electron chi connectivity index (χ2n) is 5.60. The van der Waals surface area contributed by atoms with Gasteiger partial charge in [0.15, 0.2) is 5.79 Å². The van der Waals surface area contributed by atoms with Crippen molar-refractivity contribution < 1.29 is 14.3 Å². The van der Waals surface area contributed by atoms with Gasteiger partial charge in [-0.25, -0.2) is 0 Å². The second kappa shape index (κ2) is 5.94. The molecule has 1 aromatic carbocycles. The Morgan fingerprint density at radius 2 is 1.95 bits per heavy atom. The van der Waals surface area contributed by atoms with Crippen LogP contribution in [0.25, 0.3) is 0 Å². The minimum absolute atomic E-state index is 0.0271. The second-order valence-corrected chi connectivity index (χ2v) is 5.60. The first-order valence-electron chi connectivity index (χ1n) is 7.42. The van der Waals surface area contributed by atoms with Crippen LogP contribution >= 0.6 is 0 Å². The molecule has 1 atom stereocenters. The Hall–Kier alpha value is -1.39. The van der Waals surface area contributed by atoms with Gasteiger partial charge in [-0.3, -0.25) is 4.79 Å². The third-order valence-corrected chi connectivity index (χ3v) is 4.06. The van der Waals surface area contributed by atoms with E-state index in [1.54, 1.807) is 0 Å². The fourth-order valence-electron chi connectivity index (χ4n) is 2.97. The summed E-state index contributed by atoms with van der Waals surface area (Å²) in [5, 5.41) is 2.92. The molecule has 0 radical (unpaired) electrons. The van der Waals surface area contributed by atoms with Crippen LogP contribution in [0.4, 0.5) is 0 Å². The Kier molecular flexibility index (Phi) is 4.03. The van der Waals surface area contributed by atoms with Gasteiger partial charge in [-0.05, 0) is 25.0 Å². The maximum absolute atomic E-state index is 12.0. The molecule has 1 heterocycles. The lowest BCUT2D eigenvalue weighted by Gasteiger charge is -2.31. The minimum atomic E-state index is -0.361. The van der Waals surface area contributed by atoms with E-state index < -0.39 is 0 Å². The fraction of sp³-hybridized carbons (Fsp3) is 0.562. The number of rotatable bonds is 3. The molecule has 4 heteroatoms. The van der Waals surface area contributed by atoms with Crippen LogP contribution in [0.5, 0.6) is 0 Å². The van der Waals surface area contributed by atoms with E-state index in [9.17, 15) is 4.79 Å². The summed E-state index contributed by atoms with van der Waals surface area (Å²) in [5.41, 5.74) is 0.679. The third kappa shape index (κ3) is 3.02. The van der Waals surface area contributed by atoms with Crippen LogP contribution in [-0.2, 0) is 9.47 Å². The summed E-state index contributed by atoms with van der Waals surface area (Å²) in [4.78, 5) is 12.0. The van der Waals surface area contributed by atoms with Crippen molar-refractivity contribution in [2.75, 3.05) is 13.2 Å². The zero-order chi connectivity index (χ0) is 13.8. The average Bonchev–Trinajstić information content (AvgIpc) is 2.89. The Morgan fingerprint density at radius 3 is 2.70 bits per heavy atom. The molecule has 1 aromatic rings. The first kappa shape index (κ1) is 13.6. The zero-order valence-corrected chi connectivity index (χ0v) is 11.6. The lowest BCUT2D eigenvalue weighted by molar-refractivity contribution is -0.186. The van der Waals surface area contributed by atoms with E-state index >= 15 is 0 Å². The monoisotopic (exact) mass is 275 g/mol. The van der Waals surface area contributed by atoms with Gasteiger partial charge in [0.25, 0.3) is 5.91 Å². The summed E-state index contributed by atoms with van der Waals surface area (Å²) in [7, 11) is 0. The van der Waals surface area contributed by atoms with Crippen LogP contribution in [-0.4, -0.2) is 30.9 Å². The summed E-state index contributed by atoms with van der Waals surface area (Å²) in [6.07, 6.45) is 5.54. The van der Waals surface area contributed by atoms with Crippen molar-refractivity contribution in [3.8, 4) is 0 Å². The molecule has 1 N–H and O–H groups in total. The summed E-state index contributed by atoms with van der Waals surface area (Å²) < 4.78 is 11.9. The first-order chi connectivity index (χ1) is 9.77. The first-order valence-corrected chi connectivity index (χ1v) is 7.42. The maximum Gasteiger partial charge on any atom is 0.251 e. The van der Waals surface area contributed by atoms with Crippen molar-refractivity contribution in [2.45, 2.75) is 44.0 Å². The SMILES string of the molecule is O=C(NCC1COC2(CCCCC2)O1)c1ccccc1. The predicted molar refractivity (Wildman–Crippen MR) is 75.4 cm³/mol.